The van der Waals surface area contributed by atoms with Gasteiger partial charge in [0.2, 0.25) is 5.89 Å². The summed E-state index contributed by atoms with van der Waals surface area (Å²) >= 11 is 0. The lowest BCUT2D eigenvalue weighted by Gasteiger charge is -2.21. The summed E-state index contributed by atoms with van der Waals surface area (Å²) in [5, 5.41) is 17.0. The Balaban J connectivity index is 1.52. The van der Waals surface area contributed by atoms with Crippen LogP contribution in [0.25, 0.3) is 0 Å². The molecule has 3 unspecified atom stereocenters. The third-order valence-corrected chi connectivity index (χ3v) is 4.58. The molecule has 0 amide bonds. The molecule has 110 valence electrons. The number of hydrogen-bond acceptors (Lipinski definition) is 5. The molecule has 1 aliphatic carbocycles. The molecule has 2 heterocycles. The van der Waals surface area contributed by atoms with Gasteiger partial charge in [0, 0.05) is 12.5 Å². The van der Waals surface area contributed by atoms with Gasteiger partial charge in [-0.3, -0.25) is 0 Å². The molecule has 21 heavy (non-hydrogen) atoms. The quantitative estimate of drug-likeness (QED) is 0.879. The Hall–Kier alpha value is -1.72. The number of nitrogens with one attached hydrogen (secondary N) is 1. The molecule has 0 radical (unpaired) electrons. The highest BCUT2D eigenvalue weighted by atomic mass is 16.5. The Morgan fingerprint density at radius 1 is 1.24 bits per heavy atom. The van der Waals surface area contributed by atoms with Gasteiger partial charge in [-0.1, -0.05) is 29.4 Å². The average molecular weight is 285 g/mol. The molecule has 1 aromatic carbocycles. The van der Waals surface area contributed by atoms with Crippen LogP contribution in [0.1, 0.15) is 47.6 Å². The fourth-order valence-corrected chi connectivity index (χ4v) is 3.38. The van der Waals surface area contributed by atoms with Crippen molar-refractivity contribution in [3.63, 3.8) is 0 Å². The van der Waals surface area contributed by atoms with Crippen LogP contribution < -0.4 is 5.32 Å². The Bertz CT molecular complexity index is 640. The first-order chi connectivity index (χ1) is 10.3. The van der Waals surface area contributed by atoms with Gasteiger partial charge < -0.3 is 14.9 Å². The van der Waals surface area contributed by atoms with Crippen molar-refractivity contribution in [1.29, 1.82) is 0 Å². The largest absolute Gasteiger partial charge is 0.392 e. The summed E-state index contributed by atoms with van der Waals surface area (Å²) in [7, 11) is 0. The summed E-state index contributed by atoms with van der Waals surface area (Å²) in [5.41, 5.74) is 2.84. The number of aromatic nitrogens is 2. The van der Waals surface area contributed by atoms with Crippen LogP contribution in [0.4, 0.5) is 0 Å². The lowest BCUT2D eigenvalue weighted by molar-refractivity contribution is 0.191. The van der Waals surface area contributed by atoms with E-state index in [1.165, 1.54) is 11.1 Å². The van der Waals surface area contributed by atoms with E-state index in [-0.39, 0.29) is 12.1 Å². The van der Waals surface area contributed by atoms with Crippen molar-refractivity contribution in [2.75, 3.05) is 6.54 Å². The van der Waals surface area contributed by atoms with Crippen molar-refractivity contribution < 1.29 is 9.63 Å². The molecule has 1 aliphatic heterocycles. The third-order valence-electron chi connectivity index (χ3n) is 4.58. The normalized spacial score (nSPS) is 28.5. The van der Waals surface area contributed by atoms with Crippen LogP contribution in [0, 0.1) is 0 Å². The maximum absolute atomic E-state index is 9.57. The number of aryl methyl sites for hydroxylation is 1. The highest BCUT2D eigenvalue weighted by Crippen LogP contribution is 2.32. The Morgan fingerprint density at radius 2 is 2.10 bits per heavy atom. The molecule has 1 fully saturated rings. The van der Waals surface area contributed by atoms with E-state index >= 15 is 0 Å². The molecule has 3 atom stereocenters. The average Bonchev–Trinajstić information content (AvgIpc) is 3.15. The molecule has 0 spiro atoms. The zero-order valence-electron chi connectivity index (χ0n) is 11.8. The van der Waals surface area contributed by atoms with Gasteiger partial charge in [0.05, 0.1) is 12.1 Å². The zero-order chi connectivity index (χ0) is 14.2. The number of nitrogens with zero attached hydrogens (tertiary/aromatic N) is 2. The summed E-state index contributed by atoms with van der Waals surface area (Å²) < 4.78 is 5.40. The van der Waals surface area contributed by atoms with E-state index in [4.69, 9.17) is 4.52 Å². The van der Waals surface area contributed by atoms with Gasteiger partial charge >= 0.3 is 0 Å². The Morgan fingerprint density at radius 3 is 2.90 bits per heavy atom. The molecule has 2 aliphatic rings. The minimum Gasteiger partial charge on any atom is -0.392 e. The molecule has 0 saturated carbocycles. The number of fused-ring (bicyclic) bond motifs is 1. The first kappa shape index (κ1) is 13.0. The SMILES string of the molecule is OC1CNC(c2nc(C3CCc4ccccc4C3)no2)C1. The molecule has 5 heteroatoms. The number of hydrogen-bond donors (Lipinski definition) is 2. The maximum atomic E-state index is 9.57. The second-order valence-electron chi connectivity index (χ2n) is 6.05. The van der Waals surface area contributed by atoms with Crippen LogP contribution in [0.5, 0.6) is 0 Å². The lowest BCUT2D eigenvalue weighted by atomic mass is 9.83. The number of aliphatic hydroxyl groups is 1. The van der Waals surface area contributed by atoms with Gasteiger partial charge in [0.15, 0.2) is 5.82 Å². The summed E-state index contributed by atoms with van der Waals surface area (Å²) in [4.78, 5) is 4.57. The van der Waals surface area contributed by atoms with E-state index in [1.54, 1.807) is 0 Å². The standard InChI is InChI=1S/C16H19N3O2/c20-13-8-14(17-9-13)16-18-15(19-21-16)12-6-5-10-3-1-2-4-11(10)7-12/h1-4,12-14,17,20H,5-9H2. The second kappa shape index (κ2) is 5.24. The van der Waals surface area contributed by atoms with Gasteiger partial charge in [-0.05, 0) is 36.8 Å². The van der Waals surface area contributed by atoms with Crippen molar-refractivity contribution >= 4 is 0 Å². The van der Waals surface area contributed by atoms with E-state index < -0.39 is 0 Å². The lowest BCUT2D eigenvalue weighted by Crippen LogP contribution is -2.16. The van der Waals surface area contributed by atoms with Crippen LogP contribution in [-0.4, -0.2) is 27.9 Å². The van der Waals surface area contributed by atoms with E-state index in [9.17, 15) is 5.11 Å². The highest BCUT2D eigenvalue weighted by molar-refractivity contribution is 5.31. The summed E-state index contributed by atoms with van der Waals surface area (Å²) in [5.74, 6) is 1.76. The maximum Gasteiger partial charge on any atom is 0.243 e. The van der Waals surface area contributed by atoms with Gasteiger partial charge in [-0.25, -0.2) is 0 Å². The molecule has 4 rings (SSSR count). The second-order valence-corrected chi connectivity index (χ2v) is 6.05. The monoisotopic (exact) mass is 285 g/mol. The number of rotatable bonds is 2. The van der Waals surface area contributed by atoms with Crippen molar-refractivity contribution in [2.24, 2.45) is 0 Å². The number of benzene rings is 1. The first-order valence-corrected chi connectivity index (χ1v) is 7.61. The molecular weight excluding hydrogens is 266 g/mol. The molecular formula is C16H19N3O2. The van der Waals surface area contributed by atoms with Crippen LogP contribution in [0.15, 0.2) is 28.8 Å². The van der Waals surface area contributed by atoms with E-state index in [0.29, 0.717) is 24.8 Å². The van der Waals surface area contributed by atoms with Gasteiger partial charge in [0.25, 0.3) is 0 Å². The molecule has 2 aromatic rings. The van der Waals surface area contributed by atoms with Crippen LogP contribution in [-0.2, 0) is 12.8 Å². The van der Waals surface area contributed by atoms with Gasteiger partial charge in [0.1, 0.15) is 0 Å². The summed E-state index contributed by atoms with van der Waals surface area (Å²) in [6.45, 7) is 0.596. The molecule has 5 nitrogen and oxygen atoms in total. The molecule has 2 N–H and O–H groups in total. The van der Waals surface area contributed by atoms with Gasteiger partial charge in [-0.2, -0.15) is 4.98 Å². The van der Waals surface area contributed by atoms with Gasteiger partial charge in [-0.15, -0.1) is 0 Å². The van der Waals surface area contributed by atoms with Crippen LogP contribution >= 0.6 is 0 Å². The summed E-state index contributed by atoms with van der Waals surface area (Å²) in [6.07, 6.45) is 3.46. The molecule has 1 aromatic heterocycles. The van der Waals surface area contributed by atoms with E-state index in [2.05, 4.69) is 39.7 Å². The topological polar surface area (TPSA) is 71.2 Å². The Labute approximate surface area is 123 Å². The number of aliphatic hydroxyl groups excluding tert-OH is 1. The minimum atomic E-state index is -0.313. The van der Waals surface area contributed by atoms with E-state index in [1.807, 2.05) is 0 Å². The minimum absolute atomic E-state index is 0.00266. The third kappa shape index (κ3) is 2.47. The van der Waals surface area contributed by atoms with Crippen LogP contribution in [0.3, 0.4) is 0 Å². The van der Waals surface area contributed by atoms with Crippen molar-refractivity contribution in [3.05, 3.63) is 47.1 Å². The fourth-order valence-electron chi connectivity index (χ4n) is 3.38. The Kier molecular flexibility index (Phi) is 3.24. The van der Waals surface area contributed by atoms with Crippen molar-refractivity contribution in [1.82, 2.24) is 15.5 Å². The predicted octanol–water partition coefficient (Wildman–Crippen LogP) is 1.74. The first-order valence-electron chi connectivity index (χ1n) is 7.61. The predicted molar refractivity (Wildman–Crippen MR) is 76.9 cm³/mol. The molecule has 0 bridgehead atoms. The van der Waals surface area contributed by atoms with Crippen LogP contribution in [0.2, 0.25) is 0 Å². The molecule has 1 saturated heterocycles. The number of β-amino-alcohol motifs (C(OH)–C–C–N with tert-alkyl or cyclic N) is 1. The van der Waals surface area contributed by atoms with Crippen molar-refractivity contribution in [2.45, 2.75) is 43.7 Å². The highest BCUT2D eigenvalue weighted by Gasteiger charge is 2.30. The zero-order valence-corrected chi connectivity index (χ0v) is 11.8. The smallest absolute Gasteiger partial charge is 0.243 e. The summed E-state index contributed by atoms with van der Waals surface area (Å²) in [6, 6.07) is 8.58. The van der Waals surface area contributed by atoms with Crippen molar-refractivity contribution in [3.8, 4) is 0 Å². The van der Waals surface area contributed by atoms with E-state index in [0.717, 1.165) is 25.1 Å². The fraction of sp³-hybridized carbons (Fsp3) is 0.500.